The third kappa shape index (κ3) is 2.86. The van der Waals surface area contributed by atoms with Crippen molar-refractivity contribution < 1.29 is 31.5 Å². The molecule has 0 aliphatic heterocycles. The van der Waals surface area contributed by atoms with Crippen LogP contribution in [0.5, 0.6) is 0 Å². The number of carbonyl (C=O) groups excluding carboxylic acids is 1. The molecule has 0 fully saturated rings. The summed E-state index contributed by atoms with van der Waals surface area (Å²) in [7, 11) is 0. The van der Waals surface area contributed by atoms with Crippen LogP contribution in [-0.4, -0.2) is 17.6 Å². The summed E-state index contributed by atoms with van der Waals surface area (Å²) < 4.78 is 70.5. The number of alkyl halides is 5. The summed E-state index contributed by atoms with van der Waals surface area (Å²) in [6, 6.07) is 5.10. The normalized spacial score (nSPS) is 12.0. The van der Waals surface area contributed by atoms with Gasteiger partial charge < -0.3 is 4.74 Å². The Bertz CT molecular complexity index is 712. The quantitative estimate of drug-likeness (QED) is 0.623. The molecular formula is C14H10F5NO2. The maximum atomic E-state index is 13.3. The predicted octanol–water partition coefficient (Wildman–Crippen LogP) is 4.37. The Balaban J connectivity index is 2.92. The molecule has 8 heteroatoms. The molecule has 0 radical (unpaired) electrons. The van der Waals surface area contributed by atoms with Gasteiger partial charge in [-0.25, -0.2) is 18.6 Å². The number of halogens is 5. The van der Waals surface area contributed by atoms with E-state index in [0.29, 0.717) is 0 Å². The second kappa shape index (κ2) is 5.86. The lowest BCUT2D eigenvalue weighted by molar-refractivity contribution is -0.141. The molecule has 3 nitrogen and oxygen atoms in total. The van der Waals surface area contributed by atoms with Crippen molar-refractivity contribution in [1.82, 2.24) is 4.98 Å². The van der Waals surface area contributed by atoms with Gasteiger partial charge in [-0.1, -0.05) is 18.2 Å². The third-order valence-corrected chi connectivity index (χ3v) is 2.90. The van der Waals surface area contributed by atoms with Crippen LogP contribution in [0.3, 0.4) is 0 Å². The average Bonchev–Trinajstić information content (AvgIpc) is 2.44. The number of fused-ring (bicyclic) bond motifs is 1. The highest BCUT2D eigenvalue weighted by Crippen LogP contribution is 2.39. The fourth-order valence-corrected chi connectivity index (χ4v) is 2.08. The molecule has 0 N–H and O–H groups in total. The smallest absolute Gasteiger partial charge is 0.434 e. The summed E-state index contributed by atoms with van der Waals surface area (Å²) in [6.45, 7) is 1.12. The average molecular weight is 319 g/mol. The monoisotopic (exact) mass is 319 g/mol. The van der Waals surface area contributed by atoms with Gasteiger partial charge in [-0.2, -0.15) is 13.2 Å². The Morgan fingerprint density at radius 1 is 1.27 bits per heavy atom. The Morgan fingerprint density at radius 2 is 1.91 bits per heavy atom. The van der Waals surface area contributed by atoms with Crippen molar-refractivity contribution >= 4 is 16.9 Å². The fourth-order valence-electron chi connectivity index (χ4n) is 2.08. The number of para-hydroxylation sites is 1. The van der Waals surface area contributed by atoms with Crippen molar-refractivity contribution in [2.24, 2.45) is 0 Å². The van der Waals surface area contributed by atoms with Gasteiger partial charge in [-0.3, -0.25) is 0 Å². The zero-order valence-electron chi connectivity index (χ0n) is 11.2. The van der Waals surface area contributed by atoms with Gasteiger partial charge >= 0.3 is 12.1 Å². The highest BCUT2D eigenvalue weighted by atomic mass is 19.4. The van der Waals surface area contributed by atoms with Crippen LogP contribution in [0.4, 0.5) is 22.0 Å². The summed E-state index contributed by atoms with van der Waals surface area (Å²) >= 11 is 0. The summed E-state index contributed by atoms with van der Waals surface area (Å²) in [4.78, 5) is 15.1. The highest BCUT2D eigenvalue weighted by Gasteiger charge is 2.41. The number of pyridine rings is 1. The first kappa shape index (κ1) is 16.1. The molecule has 1 aromatic carbocycles. The van der Waals surface area contributed by atoms with E-state index in [4.69, 9.17) is 0 Å². The molecule has 0 saturated heterocycles. The predicted molar refractivity (Wildman–Crippen MR) is 67.7 cm³/mol. The lowest BCUT2D eigenvalue weighted by Gasteiger charge is -2.17. The van der Waals surface area contributed by atoms with Gasteiger partial charge in [0.15, 0.2) is 5.69 Å². The summed E-state index contributed by atoms with van der Waals surface area (Å²) in [5.41, 5.74) is -4.18. The number of carbonyl (C=O) groups is 1. The zero-order valence-corrected chi connectivity index (χ0v) is 11.2. The lowest BCUT2D eigenvalue weighted by Crippen LogP contribution is -2.20. The minimum Gasteiger partial charge on any atom is -0.462 e. The standard InChI is InChI=1S/C14H10F5NO2/c1-2-22-13(21)10-9(12(15)16)7-5-3-4-6-8(7)20-11(10)14(17,18)19/h3-6,12H,2H2,1H3. The van der Waals surface area contributed by atoms with Crippen LogP contribution in [-0.2, 0) is 10.9 Å². The van der Waals surface area contributed by atoms with Crippen LogP contribution in [0.2, 0.25) is 0 Å². The second-order valence-corrected chi connectivity index (χ2v) is 4.29. The highest BCUT2D eigenvalue weighted by molar-refractivity contribution is 5.99. The number of nitrogens with zero attached hydrogens (tertiary/aromatic N) is 1. The van der Waals surface area contributed by atoms with Crippen molar-refractivity contribution in [3.8, 4) is 0 Å². The molecule has 1 aromatic heterocycles. The lowest BCUT2D eigenvalue weighted by atomic mass is 10.00. The molecular weight excluding hydrogens is 309 g/mol. The first-order valence-electron chi connectivity index (χ1n) is 6.22. The summed E-state index contributed by atoms with van der Waals surface area (Å²) in [5.74, 6) is -1.47. The second-order valence-electron chi connectivity index (χ2n) is 4.29. The van der Waals surface area contributed by atoms with Crippen LogP contribution < -0.4 is 0 Å². The van der Waals surface area contributed by atoms with E-state index in [1.807, 2.05) is 0 Å². The van der Waals surface area contributed by atoms with E-state index in [1.54, 1.807) is 0 Å². The molecule has 118 valence electrons. The number of hydrogen-bond acceptors (Lipinski definition) is 3. The maximum Gasteiger partial charge on any atom is 0.434 e. The van der Waals surface area contributed by atoms with E-state index in [0.717, 1.165) is 0 Å². The zero-order chi connectivity index (χ0) is 16.5. The molecule has 22 heavy (non-hydrogen) atoms. The van der Waals surface area contributed by atoms with Gasteiger partial charge in [0.05, 0.1) is 17.7 Å². The minimum absolute atomic E-state index is 0.214. The Labute approximate surface area is 121 Å². The van der Waals surface area contributed by atoms with Crippen molar-refractivity contribution in [3.63, 3.8) is 0 Å². The van der Waals surface area contributed by atoms with E-state index < -0.39 is 35.4 Å². The SMILES string of the molecule is CCOC(=O)c1c(C(F)(F)F)nc2ccccc2c1C(F)F. The van der Waals surface area contributed by atoms with Crippen LogP contribution in [0.1, 0.15) is 35.0 Å². The molecule has 0 amide bonds. The first-order chi connectivity index (χ1) is 10.3. The molecule has 0 atom stereocenters. The Kier molecular flexibility index (Phi) is 4.30. The molecule has 0 spiro atoms. The van der Waals surface area contributed by atoms with E-state index >= 15 is 0 Å². The fraction of sp³-hybridized carbons (Fsp3) is 0.286. The van der Waals surface area contributed by atoms with Crippen molar-refractivity contribution in [2.45, 2.75) is 19.5 Å². The summed E-state index contributed by atoms with van der Waals surface area (Å²) in [5, 5.41) is -0.214. The number of benzene rings is 1. The van der Waals surface area contributed by atoms with Crippen LogP contribution >= 0.6 is 0 Å². The molecule has 0 aliphatic rings. The van der Waals surface area contributed by atoms with Gasteiger partial charge in [0.2, 0.25) is 0 Å². The van der Waals surface area contributed by atoms with Gasteiger partial charge in [0.25, 0.3) is 6.43 Å². The molecule has 0 bridgehead atoms. The molecule has 0 aliphatic carbocycles. The largest absolute Gasteiger partial charge is 0.462 e. The Hall–Kier alpha value is -2.25. The molecule has 2 rings (SSSR count). The Morgan fingerprint density at radius 3 is 2.45 bits per heavy atom. The molecule has 2 aromatic rings. The number of hydrogen-bond donors (Lipinski definition) is 0. The number of ether oxygens (including phenoxy) is 1. The van der Waals surface area contributed by atoms with Gasteiger partial charge in [0, 0.05) is 10.9 Å². The van der Waals surface area contributed by atoms with Gasteiger partial charge in [-0.15, -0.1) is 0 Å². The third-order valence-electron chi connectivity index (χ3n) is 2.90. The van der Waals surface area contributed by atoms with Crippen molar-refractivity contribution in [1.29, 1.82) is 0 Å². The van der Waals surface area contributed by atoms with Crippen LogP contribution in [0.15, 0.2) is 24.3 Å². The van der Waals surface area contributed by atoms with Crippen LogP contribution in [0.25, 0.3) is 10.9 Å². The maximum absolute atomic E-state index is 13.3. The van der Waals surface area contributed by atoms with Crippen molar-refractivity contribution in [2.75, 3.05) is 6.61 Å². The van der Waals surface area contributed by atoms with Crippen molar-refractivity contribution in [3.05, 3.63) is 41.1 Å². The number of aromatic nitrogens is 1. The first-order valence-corrected chi connectivity index (χ1v) is 6.22. The van der Waals surface area contributed by atoms with Crippen LogP contribution in [0, 0.1) is 0 Å². The summed E-state index contributed by atoms with van der Waals surface area (Å²) in [6.07, 6.45) is -8.34. The van der Waals surface area contributed by atoms with Gasteiger partial charge in [0.1, 0.15) is 0 Å². The van der Waals surface area contributed by atoms with E-state index in [1.165, 1.54) is 31.2 Å². The van der Waals surface area contributed by atoms with Gasteiger partial charge in [-0.05, 0) is 13.0 Å². The number of esters is 1. The molecule has 0 saturated carbocycles. The minimum atomic E-state index is -5.06. The molecule has 0 unspecified atom stereocenters. The van der Waals surface area contributed by atoms with E-state index in [2.05, 4.69) is 9.72 Å². The van der Waals surface area contributed by atoms with E-state index in [-0.39, 0.29) is 17.5 Å². The van der Waals surface area contributed by atoms with E-state index in [9.17, 15) is 26.7 Å². The molecule has 1 heterocycles. The number of rotatable bonds is 3. The topological polar surface area (TPSA) is 39.2 Å².